The van der Waals surface area contributed by atoms with Crippen LogP contribution >= 0.6 is 11.6 Å². The lowest BCUT2D eigenvalue weighted by atomic mass is 10.00. The van der Waals surface area contributed by atoms with Gasteiger partial charge in [0.05, 0.1) is 11.4 Å². The average molecular weight is 240 g/mol. The molecule has 0 aliphatic rings. The summed E-state index contributed by atoms with van der Waals surface area (Å²) in [7, 11) is 0. The first kappa shape index (κ1) is 12.8. The third-order valence-electron chi connectivity index (χ3n) is 2.61. The zero-order valence-corrected chi connectivity index (χ0v) is 10.6. The van der Waals surface area contributed by atoms with Crippen LogP contribution in [0.25, 0.3) is 4.98 Å². The Morgan fingerprint density at radius 2 is 2.12 bits per heavy atom. The van der Waals surface area contributed by atoms with Gasteiger partial charge in [-0.15, -0.1) is 11.6 Å². The van der Waals surface area contributed by atoms with Crippen molar-refractivity contribution in [3.63, 3.8) is 0 Å². The Balaban J connectivity index is 3.25. The number of nitrogens with zero attached hydrogens (tertiary/aromatic N) is 2. The minimum Gasteiger partial charge on any atom is -0.492 e. The van der Waals surface area contributed by atoms with E-state index in [0.29, 0.717) is 18.2 Å². The summed E-state index contributed by atoms with van der Waals surface area (Å²) < 4.78 is 5.58. The molecule has 4 heteroatoms. The van der Waals surface area contributed by atoms with Gasteiger partial charge in [0, 0.05) is 11.1 Å². The first-order chi connectivity index (χ1) is 7.65. The number of diazo groups is 1. The number of hydrogen-bond donors (Lipinski definition) is 0. The monoisotopic (exact) mass is 239 g/mol. The Bertz CT molecular complexity index is 424. The Kier molecular flexibility index (Phi) is 4.57. The first-order valence-electron chi connectivity index (χ1n) is 5.32. The van der Waals surface area contributed by atoms with Gasteiger partial charge in [-0.1, -0.05) is 6.92 Å². The minimum absolute atomic E-state index is 0.466. The largest absolute Gasteiger partial charge is 0.492 e. The molecule has 0 aromatic heterocycles. The lowest BCUT2D eigenvalue weighted by molar-refractivity contribution is 0.339. The van der Waals surface area contributed by atoms with Crippen molar-refractivity contribution in [2.24, 2.45) is 0 Å². The maximum absolute atomic E-state index is 8.95. The minimum atomic E-state index is 0.466. The van der Waals surface area contributed by atoms with Crippen molar-refractivity contribution >= 4 is 17.3 Å². The first-order valence-corrected chi connectivity index (χ1v) is 5.86. The molecule has 0 saturated carbocycles. The number of alkyl halides is 1. The van der Waals surface area contributed by atoms with E-state index in [9.17, 15) is 0 Å². The van der Waals surface area contributed by atoms with Crippen molar-refractivity contribution in [1.82, 2.24) is 0 Å². The third kappa shape index (κ3) is 2.45. The van der Waals surface area contributed by atoms with Gasteiger partial charge in [0.1, 0.15) is 12.4 Å². The van der Waals surface area contributed by atoms with Crippen LogP contribution in [-0.4, -0.2) is 12.5 Å². The average Bonchev–Trinajstić information content (AvgIpc) is 2.26. The summed E-state index contributed by atoms with van der Waals surface area (Å²) in [5.74, 6) is 1.30. The van der Waals surface area contributed by atoms with E-state index in [-0.39, 0.29) is 0 Å². The molecule has 1 rings (SSSR count). The van der Waals surface area contributed by atoms with Gasteiger partial charge in [0.15, 0.2) is 4.98 Å². The number of halogens is 1. The highest BCUT2D eigenvalue weighted by atomic mass is 35.5. The van der Waals surface area contributed by atoms with Crippen LogP contribution in [0.15, 0.2) is 6.07 Å². The molecule has 0 N–H and O–H groups in total. The molecule has 0 atom stereocenters. The molecule has 0 aliphatic heterocycles. The zero-order valence-electron chi connectivity index (χ0n) is 9.88. The highest BCUT2D eigenvalue weighted by Crippen LogP contribution is 2.34. The van der Waals surface area contributed by atoms with E-state index in [0.717, 1.165) is 28.9 Å². The summed E-state index contributed by atoms with van der Waals surface area (Å²) in [6, 6.07) is 1.90. The van der Waals surface area contributed by atoms with Gasteiger partial charge in [0.2, 0.25) is 5.39 Å². The molecule has 86 valence electrons. The predicted molar refractivity (Wildman–Crippen MR) is 66.3 cm³/mol. The van der Waals surface area contributed by atoms with E-state index in [4.69, 9.17) is 21.7 Å². The fraction of sp³-hybridized carbons (Fsp3) is 0.500. The van der Waals surface area contributed by atoms with Crippen molar-refractivity contribution < 1.29 is 4.74 Å². The third-order valence-corrected chi connectivity index (χ3v) is 2.77. The molecule has 0 heterocycles. The molecule has 0 saturated heterocycles. The standard InChI is InChI=1S/C12H16ClN2O/c1-4-10-9(3)12(15-14)8(2)7-11(10)16-6-5-13/h7H,4-6H2,1-3H3/q+1. The van der Waals surface area contributed by atoms with Crippen molar-refractivity contribution in [3.05, 3.63) is 27.7 Å². The number of ether oxygens (including phenoxy) is 1. The summed E-state index contributed by atoms with van der Waals surface area (Å²) in [6.45, 7) is 6.37. The molecule has 16 heavy (non-hydrogen) atoms. The van der Waals surface area contributed by atoms with Crippen LogP contribution in [-0.2, 0) is 6.42 Å². The van der Waals surface area contributed by atoms with Gasteiger partial charge in [0.25, 0.3) is 0 Å². The number of hydrogen-bond acceptors (Lipinski definition) is 2. The van der Waals surface area contributed by atoms with E-state index < -0.39 is 0 Å². The van der Waals surface area contributed by atoms with Gasteiger partial charge < -0.3 is 4.74 Å². The van der Waals surface area contributed by atoms with Gasteiger partial charge in [-0.05, 0) is 26.3 Å². The summed E-state index contributed by atoms with van der Waals surface area (Å²) in [5.41, 5.74) is 3.58. The zero-order chi connectivity index (χ0) is 12.1. The molecule has 1 aromatic rings. The van der Waals surface area contributed by atoms with Crippen molar-refractivity contribution in [1.29, 1.82) is 5.39 Å². The molecule has 0 fully saturated rings. The number of rotatable bonds is 4. The smallest absolute Gasteiger partial charge is 0.391 e. The lowest BCUT2D eigenvalue weighted by Crippen LogP contribution is -2.03. The molecule has 0 aliphatic carbocycles. The Hall–Kier alpha value is -1.27. The summed E-state index contributed by atoms with van der Waals surface area (Å²) in [6.07, 6.45) is 0.840. The Labute approximate surface area is 101 Å². The molecule has 0 unspecified atom stereocenters. The molecule has 0 amide bonds. The van der Waals surface area contributed by atoms with Gasteiger partial charge in [-0.25, -0.2) is 0 Å². The van der Waals surface area contributed by atoms with Crippen LogP contribution in [0.5, 0.6) is 5.75 Å². The van der Waals surface area contributed by atoms with Crippen LogP contribution < -0.4 is 4.74 Å². The van der Waals surface area contributed by atoms with E-state index >= 15 is 0 Å². The molecule has 0 bridgehead atoms. The second-order valence-corrected chi connectivity index (χ2v) is 4.01. The Morgan fingerprint density at radius 3 is 2.62 bits per heavy atom. The van der Waals surface area contributed by atoms with E-state index in [2.05, 4.69) is 4.98 Å². The van der Waals surface area contributed by atoms with Crippen LogP contribution in [0.4, 0.5) is 5.69 Å². The second kappa shape index (κ2) is 5.72. The molecule has 3 nitrogen and oxygen atoms in total. The Morgan fingerprint density at radius 1 is 1.44 bits per heavy atom. The van der Waals surface area contributed by atoms with Crippen molar-refractivity contribution in [3.8, 4) is 5.75 Å². The van der Waals surface area contributed by atoms with Crippen molar-refractivity contribution in [2.75, 3.05) is 12.5 Å². The van der Waals surface area contributed by atoms with Gasteiger partial charge in [-0.2, -0.15) is 0 Å². The molecule has 0 spiro atoms. The van der Waals surface area contributed by atoms with Gasteiger partial charge in [-0.3, -0.25) is 0 Å². The number of aryl methyl sites for hydroxylation is 1. The summed E-state index contributed by atoms with van der Waals surface area (Å²) in [4.78, 5) is 3.32. The van der Waals surface area contributed by atoms with Crippen molar-refractivity contribution in [2.45, 2.75) is 27.2 Å². The van der Waals surface area contributed by atoms with E-state index in [1.807, 2.05) is 26.8 Å². The highest BCUT2D eigenvalue weighted by molar-refractivity contribution is 6.18. The lowest BCUT2D eigenvalue weighted by Gasteiger charge is -2.11. The van der Waals surface area contributed by atoms with Crippen LogP contribution in [0.1, 0.15) is 23.6 Å². The highest BCUT2D eigenvalue weighted by Gasteiger charge is 2.21. The summed E-state index contributed by atoms with van der Waals surface area (Å²) in [5, 5.41) is 8.95. The molecule has 0 radical (unpaired) electrons. The van der Waals surface area contributed by atoms with Gasteiger partial charge >= 0.3 is 5.69 Å². The quantitative estimate of drug-likeness (QED) is 0.589. The fourth-order valence-electron chi connectivity index (χ4n) is 1.85. The maximum atomic E-state index is 8.95. The van der Waals surface area contributed by atoms with Crippen LogP contribution in [0.3, 0.4) is 0 Å². The van der Waals surface area contributed by atoms with E-state index in [1.54, 1.807) is 0 Å². The van der Waals surface area contributed by atoms with Crippen LogP contribution in [0.2, 0.25) is 0 Å². The second-order valence-electron chi connectivity index (χ2n) is 3.63. The predicted octanol–water partition coefficient (Wildman–Crippen LogP) is 3.97. The molecular formula is C12H16ClN2O+. The SMILES string of the molecule is CCc1c(OCCCl)cc(C)c([N+]#N)c1C. The molecular weight excluding hydrogens is 224 g/mol. The number of benzene rings is 1. The topological polar surface area (TPSA) is 37.4 Å². The maximum Gasteiger partial charge on any atom is 0.391 e. The van der Waals surface area contributed by atoms with Crippen LogP contribution in [0, 0.1) is 19.2 Å². The normalized spacial score (nSPS) is 9.94. The molecule has 1 aromatic carbocycles. The fourth-order valence-corrected chi connectivity index (χ4v) is 1.92. The summed E-state index contributed by atoms with van der Waals surface area (Å²) >= 11 is 5.60. The van der Waals surface area contributed by atoms with E-state index in [1.165, 1.54) is 0 Å².